The fourth-order valence-corrected chi connectivity index (χ4v) is 2.76. The molecule has 1 unspecified atom stereocenters. The van der Waals surface area contributed by atoms with Crippen molar-refractivity contribution in [3.05, 3.63) is 33.7 Å². The standard InChI is InChI=1S/C16H26N2O3/c1-20-11-12-21-10-3-2-9-17-14-5-4-6-15-13(14)7-8-16(19)18-15/h7-8,14,17H,2-6,9-12H2,1H3,(H,18,19). The predicted molar refractivity (Wildman–Crippen MR) is 82.7 cm³/mol. The Bertz CT molecular complexity index is 473. The largest absolute Gasteiger partial charge is 0.382 e. The molecule has 1 atom stereocenters. The van der Waals surface area contributed by atoms with Crippen LogP contribution in [-0.2, 0) is 15.9 Å². The van der Waals surface area contributed by atoms with Crippen molar-refractivity contribution in [2.45, 2.75) is 38.1 Å². The van der Waals surface area contributed by atoms with Crippen LogP contribution in [0.1, 0.15) is 43.0 Å². The third kappa shape index (κ3) is 5.26. The van der Waals surface area contributed by atoms with E-state index in [1.54, 1.807) is 13.2 Å². The van der Waals surface area contributed by atoms with Gasteiger partial charge in [-0.1, -0.05) is 6.07 Å². The quantitative estimate of drug-likeness (QED) is 0.682. The SMILES string of the molecule is COCCOCCCCNC1CCCc2[nH]c(=O)ccc21. The highest BCUT2D eigenvalue weighted by Crippen LogP contribution is 2.27. The number of methoxy groups -OCH3 is 1. The van der Waals surface area contributed by atoms with Gasteiger partial charge in [-0.25, -0.2) is 0 Å². The second kappa shape index (κ2) is 8.97. The topological polar surface area (TPSA) is 63.4 Å². The Morgan fingerprint density at radius 2 is 2.19 bits per heavy atom. The molecular weight excluding hydrogens is 268 g/mol. The third-order valence-corrected chi connectivity index (χ3v) is 3.87. The zero-order valence-corrected chi connectivity index (χ0v) is 12.8. The number of ether oxygens (including phenoxy) is 2. The van der Waals surface area contributed by atoms with E-state index < -0.39 is 0 Å². The number of aryl methyl sites for hydroxylation is 1. The van der Waals surface area contributed by atoms with Gasteiger partial charge in [0.25, 0.3) is 0 Å². The maximum Gasteiger partial charge on any atom is 0.248 e. The summed E-state index contributed by atoms with van der Waals surface area (Å²) in [5.41, 5.74) is 2.37. The normalized spacial score (nSPS) is 17.7. The van der Waals surface area contributed by atoms with Gasteiger partial charge in [0.05, 0.1) is 13.2 Å². The Morgan fingerprint density at radius 3 is 3.05 bits per heavy atom. The molecule has 2 rings (SSSR count). The number of hydrogen-bond acceptors (Lipinski definition) is 4. The van der Waals surface area contributed by atoms with Crippen molar-refractivity contribution in [2.24, 2.45) is 0 Å². The molecule has 5 nitrogen and oxygen atoms in total. The van der Waals surface area contributed by atoms with Crippen LogP contribution in [0.3, 0.4) is 0 Å². The lowest BCUT2D eigenvalue weighted by Crippen LogP contribution is -2.28. The summed E-state index contributed by atoms with van der Waals surface area (Å²) in [5, 5.41) is 3.60. The number of rotatable bonds is 9. The molecule has 0 radical (unpaired) electrons. The summed E-state index contributed by atoms with van der Waals surface area (Å²) in [4.78, 5) is 14.3. The maximum atomic E-state index is 11.4. The molecule has 0 saturated heterocycles. The number of fused-ring (bicyclic) bond motifs is 1. The van der Waals surface area contributed by atoms with Crippen LogP contribution in [0.15, 0.2) is 16.9 Å². The van der Waals surface area contributed by atoms with Crippen molar-refractivity contribution in [3.63, 3.8) is 0 Å². The zero-order chi connectivity index (χ0) is 14.9. The van der Waals surface area contributed by atoms with E-state index in [1.165, 1.54) is 5.56 Å². The Labute approximate surface area is 126 Å². The number of pyridine rings is 1. The van der Waals surface area contributed by atoms with Gasteiger partial charge in [0.2, 0.25) is 5.56 Å². The molecular formula is C16H26N2O3. The lowest BCUT2D eigenvalue weighted by atomic mass is 9.91. The summed E-state index contributed by atoms with van der Waals surface area (Å²) in [6, 6.07) is 3.97. The van der Waals surface area contributed by atoms with Gasteiger partial charge in [-0.15, -0.1) is 0 Å². The minimum atomic E-state index is 0.00241. The van der Waals surface area contributed by atoms with Crippen LogP contribution in [0, 0.1) is 0 Å². The summed E-state index contributed by atoms with van der Waals surface area (Å²) in [5.74, 6) is 0. The highest BCUT2D eigenvalue weighted by molar-refractivity contribution is 5.26. The average Bonchev–Trinajstić information content (AvgIpc) is 2.49. The van der Waals surface area contributed by atoms with Crippen molar-refractivity contribution in [1.29, 1.82) is 0 Å². The van der Waals surface area contributed by atoms with Gasteiger partial charge in [0.15, 0.2) is 0 Å². The Balaban J connectivity index is 1.67. The van der Waals surface area contributed by atoms with Crippen LogP contribution in [0.4, 0.5) is 0 Å². The minimum Gasteiger partial charge on any atom is -0.382 e. The van der Waals surface area contributed by atoms with Crippen molar-refractivity contribution in [1.82, 2.24) is 10.3 Å². The fraction of sp³-hybridized carbons (Fsp3) is 0.688. The second-order valence-electron chi connectivity index (χ2n) is 5.47. The monoisotopic (exact) mass is 294 g/mol. The van der Waals surface area contributed by atoms with Gasteiger partial charge in [-0.05, 0) is 44.2 Å². The lowest BCUT2D eigenvalue weighted by Gasteiger charge is -2.26. The van der Waals surface area contributed by atoms with Gasteiger partial charge in [-0.2, -0.15) is 0 Å². The number of H-pyrrole nitrogens is 1. The van der Waals surface area contributed by atoms with E-state index in [1.807, 2.05) is 6.07 Å². The van der Waals surface area contributed by atoms with Crippen molar-refractivity contribution < 1.29 is 9.47 Å². The highest BCUT2D eigenvalue weighted by Gasteiger charge is 2.19. The molecule has 0 spiro atoms. The Kier molecular flexibility index (Phi) is 6.92. The van der Waals surface area contributed by atoms with E-state index in [2.05, 4.69) is 10.3 Å². The molecule has 118 valence electrons. The first-order chi connectivity index (χ1) is 10.3. The van der Waals surface area contributed by atoms with Crippen LogP contribution < -0.4 is 10.9 Å². The molecule has 1 aromatic heterocycles. The molecule has 0 fully saturated rings. The number of unbranched alkanes of at least 4 members (excludes halogenated alkanes) is 1. The van der Waals surface area contributed by atoms with Crippen LogP contribution in [0.2, 0.25) is 0 Å². The first-order valence-corrected chi connectivity index (χ1v) is 7.83. The van der Waals surface area contributed by atoms with Gasteiger partial charge in [0, 0.05) is 31.5 Å². The van der Waals surface area contributed by atoms with E-state index in [-0.39, 0.29) is 5.56 Å². The first kappa shape index (κ1) is 16.2. The first-order valence-electron chi connectivity index (χ1n) is 7.83. The third-order valence-electron chi connectivity index (χ3n) is 3.87. The zero-order valence-electron chi connectivity index (χ0n) is 12.8. The molecule has 0 saturated carbocycles. The fourth-order valence-electron chi connectivity index (χ4n) is 2.76. The molecule has 5 heteroatoms. The summed E-state index contributed by atoms with van der Waals surface area (Å²) in [7, 11) is 1.68. The molecule has 1 aliphatic rings. The van der Waals surface area contributed by atoms with Gasteiger partial charge in [-0.3, -0.25) is 4.79 Å². The highest BCUT2D eigenvalue weighted by atomic mass is 16.5. The van der Waals surface area contributed by atoms with E-state index >= 15 is 0 Å². The molecule has 0 aliphatic heterocycles. The number of hydrogen-bond donors (Lipinski definition) is 2. The maximum absolute atomic E-state index is 11.4. The van der Waals surface area contributed by atoms with E-state index in [0.29, 0.717) is 19.3 Å². The van der Waals surface area contributed by atoms with Crippen LogP contribution in [-0.4, -0.2) is 38.5 Å². The lowest BCUT2D eigenvalue weighted by molar-refractivity contribution is 0.0687. The molecule has 2 N–H and O–H groups in total. The number of nitrogens with one attached hydrogen (secondary N) is 2. The second-order valence-corrected chi connectivity index (χ2v) is 5.47. The number of aromatic nitrogens is 1. The van der Waals surface area contributed by atoms with Crippen LogP contribution in [0.25, 0.3) is 0 Å². The molecule has 0 amide bonds. The van der Waals surface area contributed by atoms with Crippen molar-refractivity contribution >= 4 is 0 Å². The Morgan fingerprint density at radius 1 is 1.29 bits per heavy atom. The summed E-state index contributed by atoms with van der Waals surface area (Å²) < 4.78 is 10.4. The summed E-state index contributed by atoms with van der Waals surface area (Å²) in [6.07, 6.45) is 5.41. The Hall–Kier alpha value is -1.17. The number of aromatic amines is 1. The van der Waals surface area contributed by atoms with E-state index in [0.717, 1.165) is 50.9 Å². The summed E-state index contributed by atoms with van der Waals surface area (Å²) >= 11 is 0. The molecule has 1 heterocycles. The van der Waals surface area contributed by atoms with Gasteiger partial charge in [0.1, 0.15) is 0 Å². The van der Waals surface area contributed by atoms with E-state index in [4.69, 9.17) is 9.47 Å². The van der Waals surface area contributed by atoms with E-state index in [9.17, 15) is 4.79 Å². The van der Waals surface area contributed by atoms with Crippen LogP contribution in [0.5, 0.6) is 0 Å². The smallest absolute Gasteiger partial charge is 0.248 e. The molecule has 21 heavy (non-hydrogen) atoms. The van der Waals surface area contributed by atoms with Gasteiger partial charge >= 0.3 is 0 Å². The molecule has 0 aromatic carbocycles. The van der Waals surface area contributed by atoms with Crippen LogP contribution >= 0.6 is 0 Å². The van der Waals surface area contributed by atoms with Crippen molar-refractivity contribution in [3.8, 4) is 0 Å². The molecule has 0 bridgehead atoms. The summed E-state index contributed by atoms with van der Waals surface area (Å²) in [6.45, 7) is 3.11. The minimum absolute atomic E-state index is 0.00241. The van der Waals surface area contributed by atoms with Gasteiger partial charge < -0.3 is 19.8 Å². The molecule has 1 aliphatic carbocycles. The predicted octanol–water partition coefficient (Wildman–Crippen LogP) is 1.79. The van der Waals surface area contributed by atoms with Crippen molar-refractivity contribution in [2.75, 3.05) is 33.5 Å². The average molecular weight is 294 g/mol. The molecule has 1 aromatic rings.